The number of hydrogen-bond donors (Lipinski definition) is 0. The minimum Gasteiger partial charge on any atom is -0.373 e. The van der Waals surface area contributed by atoms with Crippen molar-refractivity contribution in [3.8, 4) is 0 Å². The molecule has 1 saturated carbocycles. The Morgan fingerprint density at radius 1 is 1.14 bits per heavy atom. The molecule has 2 aliphatic heterocycles. The first-order valence-corrected chi connectivity index (χ1v) is 11.0. The van der Waals surface area contributed by atoms with Gasteiger partial charge in [0, 0.05) is 24.7 Å². The Bertz CT molecular complexity index is 889. The minimum absolute atomic E-state index is 0.0454. The second-order valence-electron chi connectivity index (χ2n) is 7.85. The van der Waals surface area contributed by atoms with Gasteiger partial charge < -0.3 is 14.5 Å². The summed E-state index contributed by atoms with van der Waals surface area (Å²) in [4.78, 5) is 28.3. The molecule has 2 saturated heterocycles. The molecule has 0 unspecified atom stereocenters. The van der Waals surface area contributed by atoms with Gasteiger partial charge >= 0.3 is 0 Å². The smallest absolute Gasteiger partial charge is 0.255 e. The summed E-state index contributed by atoms with van der Waals surface area (Å²) in [6.07, 6.45) is 1.59. The van der Waals surface area contributed by atoms with Gasteiger partial charge in [-0.1, -0.05) is 6.07 Å². The van der Waals surface area contributed by atoms with E-state index in [9.17, 15) is 18.0 Å². The van der Waals surface area contributed by atoms with E-state index in [4.69, 9.17) is 4.74 Å². The van der Waals surface area contributed by atoms with Gasteiger partial charge in [0.15, 0.2) is 0 Å². The molecule has 0 aromatic heterocycles. The number of carbonyl (C=O) groups excluding carboxylic acids is 2. The third kappa shape index (κ3) is 3.66. The number of carbonyl (C=O) groups is 2. The van der Waals surface area contributed by atoms with Crippen LogP contribution in [0.3, 0.4) is 0 Å². The fourth-order valence-electron chi connectivity index (χ4n) is 3.86. The molecular formula is C19H25N3O5S. The van der Waals surface area contributed by atoms with Gasteiger partial charge in [0.25, 0.3) is 5.91 Å². The molecule has 152 valence electrons. The van der Waals surface area contributed by atoms with Crippen LogP contribution in [0, 0.1) is 0 Å². The summed E-state index contributed by atoms with van der Waals surface area (Å²) in [6, 6.07) is 6.33. The Hall–Kier alpha value is -1.97. The number of amides is 2. The first-order valence-electron chi connectivity index (χ1n) is 9.60. The predicted octanol–water partition coefficient (Wildman–Crippen LogP) is 0.889. The van der Waals surface area contributed by atoms with Crippen LogP contribution in [0.15, 0.2) is 29.2 Å². The quantitative estimate of drug-likeness (QED) is 0.740. The van der Waals surface area contributed by atoms with E-state index in [0.29, 0.717) is 0 Å². The molecule has 3 fully saturated rings. The number of ether oxygens (including phenoxy) is 1. The number of rotatable bonds is 4. The molecule has 2 amide bonds. The third-order valence-electron chi connectivity index (χ3n) is 5.35. The molecule has 9 heteroatoms. The van der Waals surface area contributed by atoms with Crippen LogP contribution in [0.5, 0.6) is 0 Å². The highest BCUT2D eigenvalue weighted by atomic mass is 32.2. The van der Waals surface area contributed by atoms with Crippen LogP contribution in [0.1, 0.15) is 37.0 Å². The molecule has 0 radical (unpaired) electrons. The Labute approximate surface area is 165 Å². The standard InChI is InChI=1S/C19H25N3O5S/c1-13-9-21(10-14(2)27-13)28(25,26)17-5-3-4-15(8-17)19(24)20-11-18(23)22(12-20)16-6-7-16/h3-5,8,13-14,16H,6-7,9-12H2,1-2H3/t13-,14-/m1/s1. The van der Waals surface area contributed by atoms with Crippen molar-refractivity contribution in [3.05, 3.63) is 29.8 Å². The zero-order valence-electron chi connectivity index (χ0n) is 16.1. The summed E-state index contributed by atoms with van der Waals surface area (Å²) >= 11 is 0. The van der Waals surface area contributed by atoms with Crippen LogP contribution in [0.2, 0.25) is 0 Å². The summed E-state index contributed by atoms with van der Waals surface area (Å²) in [7, 11) is -3.73. The zero-order valence-corrected chi connectivity index (χ0v) is 16.9. The number of benzene rings is 1. The second kappa shape index (κ2) is 7.13. The first-order chi connectivity index (χ1) is 13.3. The Morgan fingerprint density at radius 2 is 1.82 bits per heavy atom. The lowest BCUT2D eigenvalue weighted by molar-refractivity contribution is -0.127. The summed E-state index contributed by atoms with van der Waals surface area (Å²) < 4.78 is 33.1. The number of nitrogens with zero attached hydrogens (tertiary/aromatic N) is 3. The summed E-state index contributed by atoms with van der Waals surface area (Å²) in [5, 5.41) is 0. The molecule has 28 heavy (non-hydrogen) atoms. The van der Waals surface area contributed by atoms with E-state index in [1.54, 1.807) is 17.0 Å². The highest BCUT2D eigenvalue weighted by Crippen LogP contribution is 2.30. The Balaban J connectivity index is 1.54. The molecule has 8 nitrogen and oxygen atoms in total. The Kier molecular flexibility index (Phi) is 4.93. The lowest BCUT2D eigenvalue weighted by Crippen LogP contribution is -2.48. The van der Waals surface area contributed by atoms with Gasteiger partial charge in [0.2, 0.25) is 15.9 Å². The lowest BCUT2D eigenvalue weighted by atomic mass is 10.2. The van der Waals surface area contributed by atoms with E-state index in [0.717, 1.165) is 12.8 Å². The van der Waals surface area contributed by atoms with Crippen molar-refractivity contribution in [2.45, 2.75) is 49.8 Å². The van der Waals surface area contributed by atoms with E-state index in [-0.39, 0.29) is 66.8 Å². The van der Waals surface area contributed by atoms with Crippen LogP contribution in [0.25, 0.3) is 0 Å². The van der Waals surface area contributed by atoms with Crippen LogP contribution in [-0.4, -0.2) is 78.9 Å². The summed E-state index contributed by atoms with van der Waals surface area (Å²) in [6.45, 7) is 4.56. The maximum Gasteiger partial charge on any atom is 0.255 e. The van der Waals surface area contributed by atoms with Gasteiger partial charge in [-0.05, 0) is 44.9 Å². The molecule has 2 atom stereocenters. The van der Waals surface area contributed by atoms with E-state index in [1.807, 2.05) is 13.8 Å². The summed E-state index contributed by atoms with van der Waals surface area (Å²) in [5.41, 5.74) is 0.279. The van der Waals surface area contributed by atoms with Gasteiger partial charge in [0.05, 0.1) is 23.8 Å². The van der Waals surface area contributed by atoms with E-state index >= 15 is 0 Å². The van der Waals surface area contributed by atoms with Crippen LogP contribution < -0.4 is 0 Å². The van der Waals surface area contributed by atoms with Crippen LogP contribution in [0.4, 0.5) is 0 Å². The van der Waals surface area contributed by atoms with Gasteiger partial charge in [-0.2, -0.15) is 4.31 Å². The molecular weight excluding hydrogens is 382 g/mol. The first kappa shape index (κ1) is 19.4. The minimum atomic E-state index is -3.73. The van der Waals surface area contributed by atoms with Crippen molar-refractivity contribution in [3.63, 3.8) is 0 Å². The number of sulfonamides is 1. The van der Waals surface area contributed by atoms with Crippen molar-refractivity contribution < 1.29 is 22.7 Å². The van der Waals surface area contributed by atoms with Gasteiger partial charge in [-0.25, -0.2) is 8.42 Å². The normalized spacial score (nSPS) is 26.7. The fourth-order valence-corrected chi connectivity index (χ4v) is 5.49. The van der Waals surface area contributed by atoms with Gasteiger partial charge in [-0.3, -0.25) is 9.59 Å². The fraction of sp³-hybridized carbons (Fsp3) is 0.579. The highest BCUT2D eigenvalue weighted by Gasteiger charge is 2.40. The summed E-state index contributed by atoms with van der Waals surface area (Å²) in [5.74, 6) is -0.367. The molecule has 1 aromatic carbocycles. The third-order valence-corrected chi connectivity index (χ3v) is 7.18. The van der Waals surface area contributed by atoms with Crippen molar-refractivity contribution >= 4 is 21.8 Å². The molecule has 0 N–H and O–H groups in total. The average Bonchev–Trinajstić information content (AvgIpc) is 3.42. The second-order valence-corrected chi connectivity index (χ2v) is 9.78. The van der Waals surface area contributed by atoms with Crippen molar-refractivity contribution in [1.82, 2.24) is 14.1 Å². The Morgan fingerprint density at radius 3 is 2.46 bits per heavy atom. The van der Waals surface area contributed by atoms with Crippen LogP contribution in [-0.2, 0) is 19.6 Å². The van der Waals surface area contributed by atoms with Crippen LogP contribution >= 0.6 is 0 Å². The molecule has 0 bridgehead atoms. The average molecular weight is 407 g/mol. The molecule has 0 spiro atoms. The molecule has 3 aliphatic rings. The SMILES string of the molecule is C[C@@H]1CN(S(=O)(=O)c2cccc(C(=O)N3CC(=O)N(C4CC4)C3)c2)C[C@@H](C)O1. The van der Waals surface area contributed by atoms with E-state index in [2.05, 4.69) is 0 Å². The van der Waals surface area contributed by atoms with E-state index in [1.165, 1.54) is 21.3 Å². The van der Waals surface area contributed by atoms with Crippen molar-refractivity contribution in [2.24, 2.45) is 0 Å². The largest absolute Gasteiger partial charge is 0.373 e. The monoisotopic (exact) mass is 407 g/mol. The van der Waals surface area contributed by atoms with Crippen molar-refractivity contribution in [1.29, 1.82) is 0 Å². The highest BCUT2D eigenvalue weighted by molar-refractivity contribution is 7.89. The zero-order chi connectivity index (χ0) is 20.1. The molecule has 2 heterocycles. The molecule has 1 aromatic rings. The van der Waals surface area contributed by atoms with Gasteiger partial charge in [0.1, 0.15) is 6.54 Å². The maximum absolute atomic E-state index is 13.1. The molecule has 1 aliphatic carbocycles. The maximum atomic E-state index is 13.1. The lowest BCUT2D eigenvalue weighted by Gasteiger charge is -2.34. The van der Waals surface area contributed by atoms with E-state index < -0.39 is 10.0 Å². The topological polar surface area (TPSA) is 87.2 Å². The molecule has 4 rings (SSSR count). The number of hydrogen-bond acceptors (Lipinski definition) is 5. The number of morpholine rings is 1. The van der Waals surface area contributed by atoms with Crippen molar-refractivity contribution in [2.75, 3.05) is 26.3 Å². The van der Waals surface area contributed by atoms with Gasteiger partial charge in [-0.15, -0.1) is 0 Å². The predicted molar refractivity (Wildman–Crippen MR) is 101 cm³/mol.